The van der Waals surface area contributed by atoms with E-state index in [1.54, 1.807) is 6.92 Å². The van der Waals surface area contributed by atoms with Gasteiger partial charge in [0.05, 0.1) is 13.2 Å². The lowest BCUT2D eigenvalue weighted by Crippen LogP contribution is -2.57. The molecule has 28 heavy (non-hydrogen) atoms. The summed E-state index contributed by atoms with van der Waals surface area (Å²) in [5.41, 5.74) is -0.666. The fraction of sp³-hybridized carbons (Fsp3) is 0.900. The van der Waals surface area contributed by atoms with Gasteiger partial charge >= 0.3 is 5.97 Å². The van der Waals surface area contributed by atoms with E-state index in [4.69, 9.17) is 18.4 Å². The molecule has 8 heteroatoms. The van der Waals surface area contributed by atoms with Gasteiger partial charge in [0.2, 0.25) is 0 Å². The summed E-state index contributed by atoms with van der Waals surface area (Å²) in [5.74, 6) is -0.484. The van der Waals surface area contributed by atoms with E-state index in [9.17, 15) is 4.79 Å². The maximum atomic E-state index is 12.5. The molecule has 0 aromatic heterocycles. The lowest BCUT2D eigenvalue weighted by Gasteiger charge is -2.43. The van der Waals surface area contributed by atoms with Crippen molar-refractivity contribution in [2.75, 3.05) is 13.2 Å². The van der Waals surface area contributed by atoms with Crippen LogP contribution in [0.15, 0.2) is 5.16 Å². The van der Waals surface area contributed by atoms with Gasteiger partial charge in [-0.15, -0.1) is 0 Å². The Morgan fingerprint density at radius 1 is 1.07 bits per heavy atom. The third-order valence-corrected chi connectivity index (χ3v) is 15.3. The maximum absolute atomic E-state index is 12.5. The fourth-order valence-electron chi connectivity index (χ4n) is 2.18. The van der Waals surface area contributed by atoms with Gasteiger partial charge in [-0.25, -0.2) is 4.79 Å². The Labute approximate surface area is 173 Å². The normalized spacial score (nSPS) is 24.0. The molecule has 0 saturated heterocycles. The molecule has 164 valence electrons. The highest BCUT2D eigenvalue weighted by Gasteiger charge is 2.54. The van der Waals surface area contributed by atoms with E-state index in [2.05, 4.69) is 72.9 Å². The predicted octanol–water partition coefficient (Wildman–Crippen LogP) is 5.11. The standard InChI is InChI=1S/C20H41NO5Si2/c1-13-23-17(22)15-16(25-28(11,12)19(5,6)7)20(8,26-21-15)14-24-27(9,10)18(2,3)4/h16H,13-14H2,1-12H3/t16-,20-/m0/s1. The number of carbonyl (C=O) groups is 1. The SMILES string of the molecule is CCOC(=O)C1=NO[C@@](C)(CO[Si](C)(C)C(C)(C)C)[C@H]1O[Si](C)(C)C(C)(C)C. The van der Waals surface area contributed by atoms with Crippen LogP contribution in [0.4, 0.5) is 0 Å². The van der Waals surface area contributed by atoms with E-state index in [-0.39, 0.29) is 22.4 Å². The molecule has 0 fully saturated rings. The molecule has 0 aromatic rings. The first-order valence-corrected chi connectivity index (χ1v) is 15.9. The van der Waals surface area contributed by atoms with Crippen molar-refractivity contribution < 1.29 is 23.2 Å². The van der Waals surface area contributed by atoms with Crippen molar-refractivity contribution >= 4 is 28.3 Å². The first-order valence-electron chi connectivity index (χ1n) is 10.1. The van der Waals surface area contributed by atoms with Crippen LogP contribution in [0.3, 0.4) is 0 Å². The summed E-state index contributed by atoms with van der Waals surface area (Å²) in [6, 6.07) is 0. The summed E-state index contributed by atoms with van der Waals surface area (Å²) in [6.07, 6.45) is -0.614. The number of nitrogens with zero attached hydrogens (tertiary/aromatic N) is 1. The van der Waals surface area contributed by atoms with E-state index in [1.165, 1.54) is 0 Å². The topological polar surface area (TPSA) is 66.4 Å². The number of hydrogen-bond acceptors (Lipinski definition) is 6. The van der Waals surface area contributed by atoms with Crippen LogP contribution in [0.1, 0.15) is 55.4 Å². The monoisotopic (exact) mass is 431 g/mol. The van der Waals surface area contributed by atoms with Gasteiger partial charge in [-0.05, 0) is 50.1 Å². The lowest BCUT2D eigenvalue weighted by molar-refractivity contribution is -0.135. The van der Waals surface area contributed by atoms with Crippen molar-refractivity contribution in [3.8, 4) is 0 Å². The highest BCUT2D eigenvalue weighted by molar-refractivity contribution is 6.74. The summed E-state index contributed by atoms with van der Waals surface area (Å²) in [7, 11) is -4.19. The highest BCUT2D eigenvalue weighted by Crippen LogP contribution is 2.42. The van der Waals surface area contributed by atoms with Crippen molar-refractivity contribution in [1.82, 2.24) is 0 Å². The number of ether oxygens (including phenoxy) is 1. The lowest BCUT2D eigenvalue weighted by atomic mass is 9.97. The number of rotatable bonds is 7. The number of carbonyl (C=O) groups excluding carboxylic acids is 1. The van der Waals surface area contributed by atoms with E-state index in [1.807, 2.05) is 6.92 Å². The molecule has 6 nitrogen and oxygen atoms in total. The van der Waals surface area contributed by atoms with Gasteiger partial charge in [0, 0.05) is 0 Å². The van der Waals surface area contributed by atoms with Crippen LogP contribution in [0.25, 0.3) is 0 Å². The van der Waals surface area contributed by atoms with Crippen LogP contribution in [-0.2, 0) is 23.2 Å². The maximum Gasteiger partial charge on any atom is 0.359 e. The van der Waals surface area contributed by atoms with Crippen molar-refractivity contribution in [2.45, 2.75) is 103 Å². The van der Waals surface area contributed by atoms with Crippen LogP contribution < -0.4 is 0 Å². The Balaban J connectivity index is 3.17. The smallest absolute Gasteiger partial charge is 0.359 e. The van der Waals surface area contributed by atoms with Crippen molar-refractivity contribution in [3.63, 3.8) is 0 Å². The first kappa shape index (κ1) is 25.3. The number of esters is 1. The molecule has 0 aliphatic carbocycles. The average molecular weight is 432 g/mol. The van der Waals surface area contributed by atoms with Crippen LogP contribution in [-0.4, -0.2) is 53.2 Å². The van der Waals surface area contributed by atoms with Gasteiger partial charge in [0.25, 0.3) is 0 Å². The van der Waals surface area contributed by atoms with Gasteiger partial charge in [0.1, 0.15) is 6.10 Å². The zero-order valence-electron chi connectivity index (χ0n) is 20.0. The third kappa shape index (κ3) is 5.46. The van der Waals surface area contributed by atoms with Gasteiger partial charge in [-0.2, -0.15) is 0 Å². The predicted molar refractivity (Wildman–Crippen MR) is 119 cm³/mol. The van der Waals surface area contributed by atoms with Crippen LogP contribution >= 0.6 is 0 Å². The first-order chi connectivity index (χ1) is 12.4. The molecule has 0 saturated carbocycles. The molecule has 0 amide bonds. The summed E-state index contributed by atoms with van der Waals surface area (Å²) < 4.78 is 18.3. The highest BCUT2D eigenvalue weighted by atomic mass is 28.4. The van der Waals surface area contributed by atoms with E-state index < -0.39 is 34.3 Å². The summed E-state index contributed by atoms with van der Waals surface area (Å²) >= 11 is 0. The molecule has 0 aromatic carbocycles. The second kappa shape index (κ2) is 8.20. The largest absolute Gasteiger partial charge is 0.461 e. The Hall–Kier alpha value is -0.706. The van der Waals surface area contributed by atoms with Crippen molar-refractivity contribution in [1.29, 1.82) is 0 Å². The average Bonchev–Trinajstić information content (AvgIpc) is 2.81. The molecule has 1 aliphatic rings. The van der Waals surface area contributed by atoms with Gasteiger partial charge in [-0.1, -0.05) is 46.7 Å². The van der Waals surface area contributed by atoms with Crippen LogP contribution in [0, 0.1) is 0 Å². The fourth-order valence-corrected chi connectivity index (χ4v) is 4.57. The molecule has 2 atom stereocenters. The van der Waals surface area contributed by atoms with Gasteiger partial charge in [-0.3, -0.25) is 0 Å². The van der Waals surface area contributed by atoms with Gasteiger partial charge < -0.3 is 18.4 Å². The van der Waals surface area contributed by atoms with Crippen molar-refractivity contribution in [2.24, 2.45) is 5.16 Å². The van der Waals surface area contributed by atoms with Crippen LogP contribution in [0.5, 0.6) is 0 Å². The second-order valence-corrected chi connectivity index (χ2v) is 20.5. The van der Waals surface area contributed by atoms with Crippen molar-refractivity contribution in [3.05, 3.63) is 0 Å². The molecule has 0 spiro atoms. The number of oxime groups is 1. The second-order valence-electron chi connectivity index (χ2n) is 10.9. The summed E-state index contributed by atoms with van der Waals surface area (Å²) in [5, 5.41) is 4.15. The number of hydrogen-bond donors (Lipinski definition) is 0. The quantitative estimate of drug-likeness (QED) is 0.414. The van der Waals surface area contributed by atoms with E-state index >= 15 is 0 Å². The molecular formula is C20H41NO5Si2. The summed E-state index contributed by atoms with van der Waals surface area (Å²) in [4.78, 5) is 18.3. The zero-order chi connectivity index (χ0) is 22.2. The molecule has 0 radical (unpaired) electrons. The molecule has 1 aliphatic heterocycles. The minimum Gasteiger partial charge on any atom is -0.461 e. The van der Waals surface area contributed by atoms with E-state index in [0.717, 1.165) is 0 Å². The molecule has 1 rings (SSSR count). The third-order valence-electron chi connectivity index (χ3n) is 6.38. The molecular weight excluding hydrogens is 390 g/mol. The summed E-state index contributed by atoms with van der Waals surface area (Å²) in [6.45, 7) is 26.1. The van der Waals surface area contributed by atoms with E-state index in [0.29, 0.717) is 6.61 Å². The van der Waals surface area contributed by atoms with Gasteiger partial charge in [0.15, 0.2) is 27.9 Å². The Morgan fingerprint density at radius 2 is 1.57 bits per heavy atom. The minimum absolute atomic E-state index is 0.0173. The Bertz CT molecular complexity index is 605. The molecule has 0 N–H and O–H groups in total. The minimum atomic E-state index is -2.19. The Kier molecular flexibility index (Phi) is 7.42. The molecule has 0 unspecified atom stereocenters. The Morgan fingerprint density at radius 3 is 2.00 bits per heavy atom. The zero-order valence-corrected chi connectivity index (χ0v) is 22.0. The van der Waals surface area contributed by atoms with Crippen LogP contribution in [0.2, 0.25) is 36.3 Å². The molecule has 1 heterocycles. The molecule has 0 bridgehead atoms.